The van der Waals surface area contributed by atoms with Crippen LogP contribution in [0.4, 0.5) is 0 Å². The van der Waals surface area contributed by atoms with Gasteiger partial charge in [0.25, 0.3) is 0 Å². The fourth-order valence-corrected chi connectivity index (χ4v) is 3.98. The van der Waals surface area contributed by atoms with Crippen molar-refractivity contribution in [2.75, 3.05) is 7.11 Å². The Morgan fingerprint density at radius 2 is 1.95 bits per heavy atom. The van der Waals surface area contributed by atoms with E-state index < -0.39 is 9.05 Å². The first-order valence-corrected chi connectivity index (χ1v) is 9.05. The van der Waals surface area contributed by atoms with Gasteiger partial charge < -0.3 is 4.74 Å². The second-order valence-electron chi connectivity index (χ2n) is 4.86. The maximum atomic E-state index is 11.2. The molecular weight excluding hydrogens is 307 g/mol. The van der Waals surface area contributed by atoms with E-state index in [2.05, 4.69) is 0 Å². The summed E-state index contributed by atoms with van der Waals surface area (Å²) in [6, 6.07) is 3.47. The lowest BCUT2D eigenvalue weighted by Crippen LogP contribution is -2.02. The lowest BCUT2D eigenvalue weighted by Gasteiger charge is -2.17. The number of rotatable bonds is 4. The first-order valence-electron chi connectivity index (χ1n) is 6.19. The zero-order valence-corrected chi connectivity index (χ0v) is 13.0. The third kappa shape index (κ3) is 3.77. The molecule has 1 aromatic carbocycles. The Morgan fingerprint density at radius 1 is 1.32 bits per heavy atom. The molecular formula is C13H16Cl2O3S. The average Bonchev–Trinajstić information content (AvgIpc) is 2.79. The molecule has 19 heavy (non-hydrogen) atoms. The van der Waals surface area contributed by atoms with Gasteiger partial charge in [0.2, 0.25) is 9.05 Å². The van der Waals surface area contributed by atoms with Crippen LogP contribution in [-0.4, -0.2) is 15.5 Å². The molecule has 1 aromatic rings. The van der Waals surface area contributed by atoms with E-state index in [1.54, 1.807) is 13.2 Å². The van der Waals surface area contributed by atoms with E-state index in [9.17, 15) is 8.42 Å². The molecule has 0 atom stereocenters. The van der Waals surface area contributed by atoms with Gasteiger partial charge in [0.15, 0.2) is 0 Å². The minimum absolute atomic E-state index is 0.210. The number of benzene rings is 1. The van der Waals surface area contributed by atoms with Gasteiger partial charge >= 0.3 is 0 Å². The molecule has 1 aliphatic rings. The molecule has 0 spiro atoms. The molecule has 0 amide bonds. The van der Waals surface area contributed by atoms with Crippen LogP contribution in [0.3, 0.4) is 0 Å². The molecule has 0 unspecified atom stereocenters. The van der Waals surface area contributed by atoms with Crippen LogP contribution in [0, 0.1) is 0 Å². The van der Waals surface area contributed by atoms with Gasteiger partial charge in [-0.1, -0.05) is 30.5 Å². The lowest BCUT2D eigenvalue weighted by molar-refractivity contribution is 0.405. The second-order valence-corrected chi connectivity index (χ2v) is 8.05. The average molecular weight is 323 g/mol. The van der Waals surface area contributed by atoms with E-state index in [1.165, 1.54) is 12.8 Å². The van der Waals surface area contributed by atoms with Gasteiger partial charge in [0.05, 0.1) is 17.9 Å². The van der Waals surface area contributed by atoms with Gasteiger partial charge in [-0.05, 0) is 36.0 Å². The molecule has 0 N–H and O–H groups in total. The highest BCUT2D eigenvalue weighted by Crippen LogP contribution is 2.42. The Morgan fingerprint density at radius 3 is 2.47 bits per heavy atom. The van der Waals surface area contributed by atoms with Crippen molar-refractivity contribution in [1.29, 1.82) is 0 Å². The van der Waals surface area contributed by atoms with Crippen molar-refractivity contribution in [2.24, 2.45) is 0 Å². The van der Waals surface area contributed by atoms with Crippen molar-refractivity contribution in [3.63, 3.8) is 0 Å². The maximum absolute atomic E-state index is 11.2. The number of hydrogen-bond donors (Lipinski definition) is 0. The Labute approximate surface area is 123 Å². The van der Waals surface area contributed by atoms with Gasteiger partial charge in [-0.2, -0.15) is 0 Å². The number of methoxy groups -OCH3 is 1. The van der Waals surface area contributed by atoms with Crippen LogP contribution >= 0.6 is 22.3 Å². The maximum Gasteiger partial charge on any atom is 0.236 e. The van der Waals surface area contributed by atoms with E-state index >= 15 is 0 Å². The van der Waals surface area contributed by atoms with Crippen LogP contribution in [-0.2, 0) is 14.8 Å². The van der Waals surface area contributed by atoms with Crippen LogP contribution in [0.25, 0.3) is 0 Å². The monoisotopic (exact) mass is 322 g/mol. The Balaban J connectivity index is 2.43. The van der Waals surface area contributed by atoms with Gasteiger partial charge in [0, 0.05) is 10.7 Å². The molecule has 0 radical (unpaired) electrons. The molecule has 1 saturated carbocycles. The van der Waals surface area contributed by atoms with Crippen molar-refractivity contribution in [2.45, 2.75) is 37.4 Å². The summed E-state index contributed by atoms with van der Waals surface area (Å²) in [7, 11) is 3.30. The second kappa shape index (κ2) is 5.90. The Bertz CT molecular complexity index is 563. The molecule has 3 nitrogen and oxygen atoms in total. The van der Waals surface area contributed by atoms with Gasteiger partial charge in [0.1, 0.15) is 5.75 Å². The quantitative estimate of drug-likeness (QED) is 0.784. The van der Waals surface area contributed by atoms with Crippen molar-refractivity contribution >= 4 is 31.3 Å². The molecule has 6 heteroatoms. The highest BCUT2D eigenvalue weighted by Gasteiger charge is 2.23. The molecule has 1 fully saturated rings. The van der Waals surface area contributed by atoms with Crippen LogP contribution < -0.4 is 4.74 Å². The van der Waals surface area contributed by atoms with E-state index in [0.717, 1.165) is 18.4 Å². The molecule has 0 saturated heterocycles. The van der Waals surface area contributed by atoms with Gasteiger partial charge in [-0.3, -0.25) is 0 Å². The summed E-state index contributed by atoms with van der Waals surface area (Å²) in [5, 5.41) is 0.446. The fraction of sp³-hybridized carbons (Fsp3) is 0.538. The smallest absolute Gasteiger partial charge is 0.236 e. The normalized spacial score (nSPS) is 16.8. The summed E-state index contributed by atoms with van der Waals surface area (Å²) in [5.74, 6) is 0.840. The molecule has 0 heterocycles. The molecule has 0 aromatic heterocycles. The predicted molar refractivity (Wildman–Crippen MR) is 77.7 cm³/mol. The van der Waals surface area contributed by atoms with E-state index in [1.807, 2.05) is 6.07 Å². The van der Waals surface area contributed by atoms with Crippen LogP contribution in [0.15, 0.2) is 12.1 Å². The largest absolute Gasteiger partial charge is 0.495 e. The summed E-state index contributed by atoms with van der Waals surface area (Å²) in [5.41, 5.74) is 1.62. The molecule has 0 aliphatic heterocycles. The first kappa shape index (κ1) is 14.9. The highest BCUT2D eigenvalue weighted by molar-refractivity contribution is 8.13. The number of ether oxygens (including phenoxy) is 1. The summed E-state index contributed by atoms with van der Waals surface area (Å²) < 4.78 is 27.7. The van der Waals surface area contributed by atoms with Crippen LogP contribution in [0.1, 0.15) is 42.7 Å². The van der Waals surface area contributed by atoms with E-state index in [4.69, 9.17) is 27.0 Å². The van der Waals surface area contributed by atoms with E-state index in [0.29, 0.717) is 22.3 Å². The van der Waals surface area contributed by atoms with Crippen molar-refractivity contribution < 1.29 is 13.2 Å². The number of halogens is 2. The third-order valence-electron chi connectivity index (χ3n) is 3.47. The number of hydrogen-bond acceptors (Lipinski definition) is 3. The van der Waals surface area contributed by atoms with Crippen molar-refractivity contribution in [1.82, 2.24) is 0 Å². The van der Waals surface area contributed by atoms with Crippen LogP contribution in [0.5, 0.6) is 5.75 Å². The van der Waals surface area contributed by atoms with E-state index in [-0.39, 0.29) is 5.75 Å². The molecule has 1 aliphatic carbocycles. The van der Waals surface area contributed by atoms with Gasteiger partial charge in [-0.25, -0.2) is 8.42 Å². The minimum Gasteiger partial charge on any atom is -0.495 e. The Hall–Kier alpha value is -0.450. The van der Waals surface area contributed by atoms with Crippen molar-refractivity contribution in [3.8, 4) is 5.75 Å². The topological polar surface area (TPSA) is 43.4 Å². The zero-order valence-electron chi connectivity index (χ0n) is 10.7. The van der Waals surface area contributed by atoms with Gasteiger partial charge in [-0.15, -0.1) is 0 Å². The molecule has 0 bridgehead atoms. The van der Waals surface area contributed by atoms with Crippen LogP contribution in [0.2, 0.25) is 5.02 Å². The summed E-state index contributed by atoms with van der Waals surface area (Å²) in [6.07, 6.45) is 4.54. The highest BCUT2D eigenvalue weighted by atomic mass is 35.7. The summed E-state index contributed by atoms with van der Waals surface area (Å²) >= 11 is 6.18. The lowest BCUT2D eigenvalue weighted by atomic mass is 9.95. The third-order valence-corrected chi connectivity index (χ3v) is 4.76. The summed E-state index contributed by atoms with van der Waals surface area (Å²) in [6.45, 7) is 0. The van der Waals surface area contributed by atoms with Crippen molar-refractivity contribution in [3.05, 3.63) is 28.3 Å². The standard InChI is InChI=1S/C13H16Cl2O3S/c1-18-13-11(10-4-2-3-5-10)6-9(7-12(13)14)8-19(15,16)17/h6-7,10H,2-5,8H2,1H3. The zero-order chi connectivity index (χ0) is 14.0. The molecule has 2 rings (SSSR count). The first-order chi connectivity index (χ1) is 8.90. The molecule has 106 valence electrons. The Kier molecular flexibility index (Phi) is 4.64. The predicted octanol–water partition coefficient (Wildman–Crippen LogP) is 4.07. The minimum atomic E-state index is -3.58. The fourth-order valence-electron chi connectivity index (χ4n) is 2.71. The SMILES string of the molecule is COc1c(Cl)cc(CS(=O)(=O)Cl)cc1C1CCCC1. The summed E-state index contributed by atoms with van der Waals surface area (Å²) in [4.78, 5) is 0.